The highest BCUT2D eigenvalue weighted by molar-refractivity contribution is 6.32. The second kappa shape index (κ2) is 8.14. The number of H-pyrrole nitrogens is 1. The van der Waals surface area contributed by atoms with Crippen molar-refractivity contribution in [1.29, 1.82) is 5.26 Å². The van der Waals surface area contributed by atoms with E-state index in [1.165, 1.54) is 0 Å². The van der Waals surface area contributed by atoms with Crippen LogP contribution in [0.25, 0.3) is 10.9 Å². The molecule has 4 rings (SSSR count). The maximum absolute atomic E-state index is 12.5. The normalized spacial score (nSPS) is 19.1. The first-order valence-corrected chi connectivity index (χ1v) is 10.2. The summed E-state index contributed by atoms with van der Waals surface area (Å²) in [5, 5.41) is 10.6. The molecule has 0 saturated carbocycles. The summed E-state index contributed by atoms with van der Waals surface area (Å²) in [6.45, 7) is 3.15. The van der Waals surface area contributed by atoms with Gasteiger partial charge in [0.25, 0.3) is 0 Å². The molecule has 1 saturated heterocycles. The summed E-state index contributed by atoms with van der Waals surface area (Å²) in [6.07, 6.45) is 5.58. The Hall–Kier alpha value is -3.03. The molecule has 2 aromatic carbocycles. The van der Waals surface area contributed by atoms with Gasteiger partial charge in [-0.15, -0.1) is 0 Å². The average molecular weight is 404 g/mol. The van der Waals surface area contributed by atoms with Crippen molar-refractivity contribution < 1.29 is 4.79 Å². The Bertz CT molecular complexity index is 1090. The molecule has 0 amide bonds. The van der Waals surface area contributed by atoms with Crippen LogP contribution in [0.4, 0.5) is 5.69 Å². The first-order chi connectivity index (χ1) is 14.1. The number of carbonyl (C=O) groups is 1. The number of carbonyl (C=O) groups excluding carboxylic acids is 1. The van der Waals surface area contributed by atoms with E-state index in [1.54, 1.807) is 12.1 Å². The lowest BCUT2D eigenvalue weighted by Crippen LogP contribution is -2.29. The van der Waals surface area contributed by atoms with Gasteiger partial charge in [0.1, 0.15) is 6.07 Å². The third kappa shape index (κ3) is 3.92. The molecule has 1 N–H and O–H groups in total. The van der Waals surface area contributed by atoms with Crippen LogP contribution in [0.3, 0.4) is 0 Å². The van der Waals surface area contributed by atoms with Crippen LogP contribution in [0.2, 0.25) is 5.02 Å². The fourth-order valence-corrected chi connectivity index (χ4v) is 4.32. The van der Waals surface area contributed by atoms with Crippen LogP contribution in [-0.4, -0.2) is 23.4 Å². The molecule has 1 aromatic heterocycles. The van der Waals surface area contributed by atoms with Gasteiger partial charge in [-0.2, -0.15) is 5.26 Å². The van der Waals surface area contributed by atoms with Crippen LogP contribution >= 0.6 is 11.6 Å². The molecule has 0 bridgehead atoms. The summed E-state index contributed by atoms with van der Waals surface area (Å²) in [5.74, 6) is 0.471. The zero-order valence-electron chi connectivity index (χ0n) is 16.2. The van der Waals surface area contributed by atoms with Crippen LogP contribution in [0, 0.1) is 17.2 Å². The Morgan fingerprint density at radius 1 is 1.31 bits per heavy atom. The number of aromatic amines is 1. The third-order valence-electron chi connectivity index (χ3n) is 5.82. The Morgan fingerprint density at radius 2 is 2.14 bits per heavy atom. The summed E-state index contributed by atoms with van der Waals surface area (Å²) >= 11 is 6.20. The van der Waals surface area contributed by atoms with Gasteiger partial charge in [0.15, 0.2) is 0 Å². The highest BCUT2D eigenvalue weighted by Gasteiger charge is 2.30. The molecule has 0 spiro atoms. The fourth-order valence-electron chi connectivity index (χ4n) is 4.10. The quantitative estimate of drug-likeness (QED) is 0.436. The monoisotopic (exact) mass is 403 g/mol. The van der Waals surface area contributed by atoms with Crippen LogP contribution in [0.15, 0.2) is 60.7 Å². The van der Waals surface area contributed by atoms with Crippen molar-refractivity contribution in [2.75, 3.05) is 11.4 Å². The zero-order chi connectivity index (χ0) is 20.4. The number of rotatable bonds is 5. The number of halogens is 1. The van der Waals surface area contributed by atoms with Gasteiger partial charge in [-0.05, 0) is 62.1 Å². The number of fused-ring (bicyclic) bond motifs is 1. The highest BCUT2D eigenvalue weighted by atomic mass is 35.5. The Labute approximate surface area is 175 Å². The van der Waals surface area contributed by atoms with Crippen molar-refractivity contribution in [2.24, 2.45) is 5.92 Å². The smallest absolute Gasteiger partial charge is 0.201 e. The van der Waals surface area contributed by atoms with Crippen LogP contribution in [0.5, 0.6) is 0 Å². The van der Waals surface area contributed by atoms with E-state index in [4.69, 9.17) is 16.9 Å². The van der Waals surface area contributed by atoms with Crippen LogP contribution in [-0.2, 0) is 0 Å². The molecule has 1 aliphatic heterocycles. The fraction of sp³-hybridized carbons (Fsp3) is 0.250. The number of hydrogen-bond acceptors (Lipinski definition) is 3. The van der Waals surface area contributed by atoms with Crippen molar-refractivity contribution in [3.05, 3.63) is 77.0 Å². The molecule has 5 heteroatoms. The summed E-state index contributed by atoms with van der Waals surface area (Å²) in [6, 6.07) is 17.8. The summed E-state index contributed by atoms with van der Waals surface area (Å²) < 4.78 is 0. The van der Waals surface area contributed by atoms with E-state index in [9.17, 15) is 4.79 Å². The number of para-hydroxylation sites is 1. The number of hydrogen-bond donors (Lipinski definition) is 1. The lowest BCUT2D eigenvalue weighted by molar-refractivity contribution is 0.104. The van der Waals surface area contributed by atoms with Gasteiger partial charge in [0.05, 0.1) is 16.3 Å². The molecule has 29 heavy (non-hydrogen) atoms. The number of aromatic nitrogens is 1. The number of ketones is 1. The standard InChI is InChI=1S/C24H22ClN3O/c1-16-17(11-12-28(16)20-10-9-19(15-26)21(25)14-20)6-4-8-24(29)23-13-18-5-2-3-7-22(18)27-23/h2-5,7-10,13-14,16-17,27H,6,11-12H2,1H3/b8-4+/t16-,17?/m0/s1. The Balaban J connectivity index is 1.39. The molecular formula is C24H22ClN3O. The van der Waals surface area contributed by atoms with E-state index in [0.717, 1.165) is 36.0 Å². The third-order valence-corrected chi connectivity index (χ3v) is 6.14. The first-order valence-electron chi connectivity index (χ1n) is 9.81. The minimum absolute atomic E-state index is 0.00239. The topological polar surface area (TPSA) is 59.9 Å². The van der Waals surface area contributed by atoms with Crippen molar-refractivity contribution >= 4 is 34.0 Å². The van der Waals surface area contributed by atoms with Gasteiger partial charge in [-0.3, -0.25) is 4.79 Å². The lowest BCUT2D eigenvalue weighted by Gasteiger charge is -2.26. The maximum atomic E-state index is 12.5. The molecule has 0 radical (unpaired) electrons. The molecule has 4 nitrogen and oxygen atoms in total. The van der Waals surface area contributed by atoms with E-state index in [2.05, 4.69) is 22.9 Å². The molecule has 3 aromatic rings. The van der Waals surface area contributed by atoms with Crippen LogP contribution < -0.4 is 4.90 Å². The molecule has 146 valence electrons. The summed E-state index contributed by atoms with van der Waals surface area (Å²) in [4.78, 5) is 18.0. The van der Waals surface area contributed by atoms with Crippen LogP contribution in [0.1, 0.15) is 35.8 Å². The largest absolute Gasteiger partial charge is 0.368 e. The van der Waals surface area contributed by atoms with Crippen molar-refractivity contribution in [3.8, 4) is 6.07 Å². The number of nitrogens with zero attached hydrogens (tertiary/aromatic N) is 2. The molecule has 1 unspecified atom stereocenters. The number of allylic oxidation sites excluding steroid dienone is 2. The van der Waals surface area contributed by atoms with E-state index >= 15 is 0 Å². The minimum Gasteiger partial charge on any atom is -0.368 e. The van der Waals surface area contributed by atoms with Gasteiger partial charge in [0, 0.05) is 29.2 Å². The highest BCUT2D eigenvalue weighted by Crippen LogP contribution is 2.33. The first kappa shape index (κ1) is 19.3. The Morgan fingerprint density at radius 3 is 2.90 bits per heavy atom. The van der Waals surface area contributed by atoms with Crippen molar-refractivity contribution in [3.63, 3.8) is 0 Å². The lowest BCUT2D eigenvalue weighted by atomic mass is 9.97. The zero-order valence-corrected chi connectivity index (χ0v) is 17.0. The predicted octanol–water partition coefficient (Wildman–Crippen LogP) is 5.74. The van der Waals surface area contributed by atoms with Crippen molar-refractivity contribution in [1.82, 2.24) is 4.98 Å². The number of nitriles is 1. The second-order valence-corrected chi connectivity index (χ2v) is 7.94. The van der Waals surface area contributed by atoms with Gasteiger partial charge in [-0.25, -0.2) is 0 Å². The molecule has 2 heterocycles. The van der Waals surface area contributed by atoms with E-state index in [1.807, 2.05) is 48.5 Å². The van der Waals surface area contributed by atoms with Gasteiger partial charge >= 0.3 is 0 Å². The summed E-state index contributed by atoms with van der Waals surface area (Å²) in [5.41, 5.74) is 3.14. The average Bonchev–Trinajstić information content (AvgIpc) is 3.32. The van der Waals surface area contributed by atoms with Gasteiger partial charge in [-0.1, -0.05) is 35.9 Å². The van der Waals surface area contributed by atoms with Crippen molar-refractivity contribution in [2.45, 2.75) is 25.8 Å². The second-order valence-electron chi connectivity index (χ2n) is 7.53. The molecular weight excluding hydrogens is 382 g/mol. The Kier molecular flexibility index (Phi) is 5.42. The van der Waals surface area contributed by atoms with E-state index in [-0.39, 0.29) is 5.78 Å². The number of nitrogens with one attached hydrogen (secondary N) is 1. The molecule has 0 aliphatic carbocycles. The maximum Gasteiger partial charge on any atom is 0.201 e. The van der Waals surface area contributed by atoms with E-state index in [0.29, 0.717) is 28.2 Å². The van der Waals surface area contributed by atoms with E-state index < -0.39 is 0 Å². The minimum atomic E-state index is 0.00239. The number of anilines is 1. The molecule has 2 atom stereocenters. The SMILES string of the molecule is C[C@H]1C(C/C=C/C(=O)c2cc3ccccc3[nH]2)CCN1c1ccc(C#N)c(Cl)c1. The molecule has 1 fully saturated rings. The van der Waals surface area contributed by atoms with Gasteiger partial charge < -0.3 is 9.88 Å². The summed E-state index contributed by atoms with van der Waals surface area (Å²) in [7, 11) is 0. The van der Waals surface area contributed by atoms with Gasteiger partial charge in [0.2, 0.25) is 5.78 Å². The number of benzene rings is 2. The molecule has 1 aliphatic rings. The predicted molar refractivity (Wildman–Crippen MR) is 117 cm³/mol.